The molecule has 0 radical (unpaired) electrons. The molecule has 0 bridgehead atoms. The zero-order chi connectivity index (χ0) is 11.8. The second-order valence-electron chi connectivity index (χ2n) is 4.62. The predicted octanol–water partition coefficient (Wildman–Crippen LogP) is 1.06. The molecule has 1 aliphatic heterocycles. The first-order valence-corrected chi connectivity index (χ1v) is 6.30. The van der Waals surface area contributed by atoms with Crippen molar-refractivity contribution >= 4 is 5.91 Å². The number of piperidine rings is 1. The third-order valence-electron chi connectivity index (χ3n) is 2.72. The molecule has 1 aliphatic rings. The van der Waals surface area contributed by atoms with Gasteiger partial charge in [0.05, 0.1) is 12.7 Å². The van der Waals surface area contributed by atoms with Crippen LogP contribution in [0.25, 0.3) is 0 Å². The standard InChI is InChI=1S/C12H24N2O2/c1-10(2)16-8-7-14-12(15)9-11-5-3-4-6-13-11/h10-11,13H,3-9H2,1-2H3,(H,14,15). The van der Waals surface area contributed by atoms with Crippen LogP contribution in [0, 0.1) is 0 Å². The van der Waals surface area contributed by atoms with Gasteiger partial charge in [-0.05, 0) is 33.2 Å². The molecule has 1 amide bonds. The van der Waals surface area contributed by atoms with Gasteiger partial charge in [0.15, 0.2) is 0 Å². The number of carbonyl (C=O) groups excluding carboxylic acids is 1. The fourth-order valence-electron chi connectivity index (χ4n) is 1.88. The van der Waals surface area contributed by atoms with Crippen LogP contribution in [0.15, 0.2) is 0 Å². The molecule has 0 spiro atoms. The highest BCUT2D eigenvalue weighted by atomic mass is 16.5. The second kappa shape index (κ2) is 7.63. The summed E-state index contributed by atoms with van der Waals surface area (Å²) in [5.41, 5.74) is 0. The maximum Gasteiger partial charge on any atom is 0.221 e. The Morgan fingerprint density at radius 3 is 2.94 bits per heavy atom. The Hall–Kier alpha value is -0.610. The first-order valence-electron chi connectivity index (χ1n) is 6.30. The second-order valence-corrected chi connectivity index (χ2v) is 4.62. The number of nitrogens with one attached hydrogen (secondary N) is 2. The van der Waals surface area contributed by atoms with Gasteiger partial charge in [-0.15, -0.1) is 0 Å². The predicted molar refractivity (Wildman–Crippen MR) is 64.4 cm³/mol. The van der Waals surface area contributed by atoms with Crippen LogP contribution in [-0.2, 0) is 9.53 Å². The summed E-state index contributed by atoms with van der Waals surface area (Å²) in [5.74, 6) is 0.131. The topological polar surface area (TPSA) is 50.4 Å². The lowest BCUT2D eigenvalue weighted by atomic mass is 10.0. The molecule has 0 aromatic rings. The molecule has 1 rings (SSSR count). The molecule has 16 heavy (non-hydrogen) atoms. The van der Waals surface area contributed by atoms with Crippen molar-refractivity contribution in [3.63, 3.8) is 0 Å². The number of hydrogen-bond acceptors (Lipinski definition) is 3. The summed E-state index contributed by atoms with van der Waals surface area (Å²) in [6.45, 7) is 6.25. The van der Waals surface area contributed by atoms with Gasteiger partial charge in [0.2, 0.25) is 5.91 Å². The van der Waals surface area contributed by atoms with Crippen molar-refractivity contribution in [3.8, 4) is 0 Å². The fourth-order valence-corrected chi connectivity index (χ4v) is 1.88. The highest BCUT2D eigenvalue weighted by molar-refractivity contribution is 5.76. The van der Waals surface area contributed by atoms with Gasteiger partial charge < -0.3 is 15.4 Å². The molecule has 0 aliphatic carbocycles. The molecule has 1 saturated heterocycles. The van der Waals surface area contributed by atoms with E-state index in [1.807, 2.05) is 13.8 Å². The maximum absolute atomic E-state index is 11.5. The molecule has 1 fully saturated rings. The SMILES string of the molecule is CC(C)OCCNC(=O)CC1CCCCN1. The Morgan fingerprint density at radius 2 is 2.31 bits per heavy atom. The van der Waals surface area contributed by atoms with Gasteiger partial charge in [-0.1, -0.05) is 6.42 Å². The van der Waals surface area contributed by atoms with E-state index in [2.05, 4.69) is 10.6 Å². The molecule has 1 heterocycles. The normalized spacial score (nSPS) is 21.1. The molecular weight excluding hydrogens is 204 g/mol. The first kappa shape index (κ1) is 13.5. The van der Waals surface area contributed by atoms with Crippen LogP contribution in [0.2, 0.25) is 0 Å². The van der Waals surface area contributed by atoms with Gasteiger partial charge in [-0.2, -0.15) is 0 Å². The maximum atomic E-state index is 11.5. The van der Waals surface area contributed by atoms with Crippen molar-refractivity contribution in [2.45, 2.75) is 51.7 Å². The zero-order valence-corrected chi connectivity index (χ0v) is 10.4. The smallest absolute Gasteiger partial charge is 0.221 e. The quantitative estimate of drug-likeness (QED) is 0.668. The van der Waals surface area contributed by atoms with Gasteiger partial charge in [0.25, 0.3) is 0 Å². The highest BCUT2D eigenvalue weighted by Gasteiger charge is 2.15. The Bertz CT molecular complexity index is 201. The minimum absolute atomic E-state index is 0.131. The fraction of sp³-hybridized carbons (Fsp3) is 0.917. The van der Waals surface area contributed by atoms with Crippen LogP contribution in [-0.4, -0.2) is 37.7 Å². The lowest BCUT2D eigenvalue weighted by molar-refractivity contribution is -0.122. The van der Waals surface area contributed by atoms with Crippen LogP contribution < -0.4 is 10.6 Å². The van der Waals surface area contributed by atoms with Crippen molar-refractivity contribution in [2.24, 2.45) is 0 Å². The van der Waals surface area contributed by atoms with Crippen molar-refractivity contribution in [1.82, 2.24) is 10.6 Å². The molecular formula is C12H24N2O2. The minimum Gasteiger partial charge on any atom is -0.377 e. The summed E-state index contributed by atoms with van der Waals surface area (Å²) in [4.78, 5) is 11.5. The molecule has 1 unspecified atom stereocenters. The zero-order valence-electron chi connectivity index (χ0n) is 10.4. The Kier molecular flexibility index (Phi) is 6.42. The average Bonchev–Trinajstić information content (AvgIpc) is 2.25. The van der Waals surface area contributed by atoms with Crippen LogP contribution in [0.4, 0.5) is 0 Å². The molecule has 0 aromatic carbocycles. The van der Waals surface area contributed by atoms with E-state index >= 15 is 0 Å². The molecule has 0 aromatic heterocycles. The Morgan fingerprint density at radius 1 is 1.50 bits per heavy atom. The van der Waals surface area contributed by atoms with E-state index in [0.717, 1.165) is 13.0 Å². The Labute approximate surface area is 98.1 Å². The van der Waals surface area contributed by atoms with Gasteiger partial charge in [-0.3, -0.25) is 4.79 Å². The van der Waals surface area contributed by atoms with E-state index in [4.69, 9.17) is 4.74 Å². The average molecular weight is 228 g/mol. The molecule has 4 nitrogen and oxygen atoms in total. The summed E-state index contributed by atoms with van der Waals surface area (Å²) in [5, 5.41) is 6.25. The number of amides is 1. The van der Waals surface area contributed by atoms with Crippen molar-refractivity contribution in [3.05, 3.63) is 0 Å². The van der Waals surface area contributed by atoms with E-state index in [1.54, 1.807) is 0 Å². The van der Waals surface area contributed by atoms with E-state index in [-0.39, 0.29) is 12.0 Å². The molecule has 0 saturated carbocycles. The lowest BCUT2D eigenvalue weighted by Gasteiger charge is -2.22. The van der Waals surface area contributed by atoms with Crippen LogP contribution in [0.3, 0.4) is 0 Å². The van der Waals surface area contributed by atoms with Crippen LogP contribution in [0.1, 0.15) is 39.5 Å². The van der Waals surface area contributed by atoms with Gasteiger partial charge in [0.1, 0.15) is 0 Å². The number of rotatable bonds is 6. The summed E-state index contributed by atoms with van der Waals surface area (Å²) >= 11 is 0. The van der Waals surface area contributed by atoms with Crippen LogP contribution >= 0.6 is 0 Å². The Balaban J connectivity index is 2.01. The third-order valence-corrected chi connectivity index (χ3v) is 2.72. The number of ether oxygens (including phenoxy) is 1. The third kappa shape index (κ3) is 6.08. The van der Waals surface area contributed by atoms with E-state index < -0.39 is 0 Å². The minimum atomic E-state index is 0.131. The molecule has 4 heteroatoms. The van der Waals surface area contributed by atoms with Gasteiger partial charge in [0, 0.05) is 19.0 Å². The monoisotopic (exact) mass is 228 g/mol. The number of hydrogen-bond donors (Lipinski definition) is 2. The summed E-state index contributed by atoms with van der Waals surface area (Å²) in [6, 6.07) is 0.375. The van der Waals surface area contributed by atoms with E-state index in [1.165, 1.54) is 12.8 Å². The van der Waals surface area contributed by atoms with E-state index in [0.29, 0.717) is 25.6 Å². The van der Waals surface area contributed by atoms with Crippen molar-refractivity contribution in [1.29, 1.82) is 0 Å². The highest BCUT2D eigenvalue weighted by Crippen LogP contribution is 2.09. The molecule has 94 valence electrons. The van der Waals surface area contributed by atoms with Crippen molar-refractivity contribution in [2.75, 3.05) is 19.7 Å². The van der Waals surface area contributed by atoms with Crippen molar-refractivity contribution < 1.29 is 9.53 Å². The summed E-state index contributed by atoms with van der Waals surface area (Å²) in [6.07, 6.45) is 4.43. The molecule has 1 atom stereocenters. The molecule has 2 N–H and O–H groups in total. The number of carbonyl (C=O) groups is 1. The van der Waals surface area contributed by atoms with Crippen LogP contribution in [0.5, 0.6) is 0 Å². The van der Waals surface area contributed by atoms with Gasteiger partial charge in [-0.25, -0.2) is 0 Å². The first-order chi connectivity index (χ1) is 7.68. The van der Waals surface area contributed by atoms with E-state index in [9.17, 15) is 4.79 Å². The summed E-state index contributed by atoms with van der Waals surface area (Å²) in [7, 11) is 0. The summed E-state index contributed by atoms with van der Waals surface area (Å²) < 4.78 is 5.35. The lowest BCUT2D eigenvalue weighted by Crippen LogP contribution is -2.39. The largest absolute Gasteiger partial charge is 0.377 e. The van der Waals surface area contributed by atoms with Gasteiger partial charge >= 0.3 is 0 Å².